The summed E-state index contributed by atoms with van der Waals surface area (Å²) in [6.07, 6.45) is 0. The van der Waals surface area contributed by atoms with Crippen molar-refractivity contribution in [2.24, 2.45) is 0 Å². The van der Waals surface area contributed by atoms with Crippen LogP contribution in [0.15, 0.2) is 48.5 Å². The quantitative estimate of drug-likeness (QED) is 0.473. The molecule has 2 aromatic rings. The lowest BCUT2D eigenvalue weighted by Gasteiger charge is -2.10. The average molecular weight is 341 g/mol. The van der Waals surface area contributed by atoms with E-state index in [1.54, 1.807) is 0 Å². The summed E-state index contributed by atoms with van der Waals surface area (Å²) in [6.45, 7) is 3.16. The third kappa shape index (κ3) is 5.86. The van der Waals surface area contributed by atoms with Crippen LogP contribution in [0.5, 0.6) is 11.5 Å². The van der Waals surface area contributed by atoms with E-state index in [4.69, 9.17) is 9.47 Å². The summed E-state index contributed by atoms with van der Waals surface area (Å²) in [4.78, 5) is 34.6. The van der Waals surface area contributed by atoms with Gasteiger partial charge in [-0.3, -0.25) is 14.4 Å². The van der Waals surface area contributed by atoms with Crippen LogP contribution in [0.1, 0.15) is 29.8 Å². The van der Waals surface area contributed by atoms with Crippen molar-refractivity contribution in [3.05, 3.63) is 59.7 Å². The zero-order valence-corrected chi connectivity index (χ0v) is 14.1. The molecule has 1 N–H and O–H groups in total. The monoisotopic (exact) mass is 341 g/mol. The van der Waals surface area contributed by atoms with Crippen LogP contribution in [-0.4, -0.2) is 24.3 Å². The van der Waals surface area contributed by atoms with Gasteiger partial charge in [0.05, 0.1) is 6.54 Å². The smallest absolute Gasteiger partial charge is 0.308 e. The van der Waals surface area contributed by atoms with Crippen molar-refractivity contribution >= 4 is 17.7 Å². The molecule has 0 unspecified atom stereocenters. The van der Waals surface area contributed by atoms with Crippen molar-refractivity contribution in [3.8, 4) is 11.5 Å². The lowest BCUT2D eigenvalue weighted by Crippen LogP contribution is -2.22. The van der Waals surface area contributed by atoms with Crippen LogP contribution >= 0.6 is 0 Å². The average Bonchev–Trinajstić information content (AvgIpc) is 2.56. The molecule has 6 nitrogen and oxygen atoms in total. The van der Waals surface area contributed by atoms with Gasteiger partial charge in [0, 0.05) is 26.0 Å². The number of rotatable bonds is 7. The zero-order chi connectivity index (χ0) is 18.2. The number of carbonyl (C=O) groups is 3. The molecule has 0 aliphatic carbocycles. The van der Waals surface area contributed by atoms with Crippen LogP contribution in [0, 0.1) is 0 Å². The van der Waals surface area contributed by atoms with Crippen molar-refractivity contribution in [2.75, 3.05) is 6.54 Å². The van der Waals surface area contributed by atoms with Gasteiger partial charge in [-0.2, -0.15) is 0 Å². The van der Waals surface area contributed by atoms with Crippen molar-refractivity contribution < 1.29 is 23.9 Å². The summed E-state index contributed by atoms with van der Waals surface area (Å²) in [6, 6.07) is 14.1. The minimum Gasteiger partial charge on any atom is -0.423 e. The minimum absolute atomic E-state index is 0.0385. The van der Waals surface area contributed by atoms with E-state index in [9.17, 15) is 14.4 Å². The van der Waals surface area contributed by atoms with Gasteiger partial charge in [-0.1, -0.05) is 30.3 Å². The van der Waals surface area contributed by atoms with Gasteiger partial charge < -0.3 is 14.8 Å². The second-order valence-electron chi connectivity index (χ2n) is 5.36. The van der Waals surface area contributed by atoms with E-state index >= 15 is 0 Å². The number of benzene rings is 2. The number of carbonyl (C=O) groups excluding carboxylic acids is 3. The molecule has 0 amide bonds. The normalized spacial score (nSPS) is 10.2. The molecule has 25 heavy (non-hydrogen) atoms. The Balaban J connectivity index is 2.05. The van der Waals surface area contributed by atoms with Crippen LogP contribution in [0.4, 0.5) is 0 Å². The van der Waals surface area contributed by atoms with Crippen LogP contribution < -0.4 is 14.8 Å². The maximum Gasteiger partial charge on any atom is 0.308 e. The molecule has 0 saturated heterocycles. The molecule has 130 valence electrons. The summed E-state index contributed by atoms with van der Waals surface area (Å²) >= 11 is 0. The van der Waals surface area contributed by atoms with Gasteiger partial charge in [-0.25, -0.2) is 0 Å². The molecular weight excluding hydrogens is 322 g/mol. The van der Waals surface area contributed by atoms with E-state index in [0.29, 0.717) is 12.1 Å². The lowest BCUT2D eigenvalue weighted by molar-refractivity contribution is -0.134. The van der Waals surface area contributed by atoms with E-state index < -0.39 is 11.9 Å². The fourth-order valence-corrected chi connectivity index (χ4v) is 2.17. The third-order valence-electron chi connectivity index (χ3n) is 3.23. The Bertz CT molecular complexity index is 771. The lowest BCUT2D eigenvalue weighted by atomic mass is 10.1. The molecule has 2 rings (SSSR count). The largest absolute Gasteiger partial charge is 0.423 e. The van der Waals surface area contributed by atoms with Gasteiger partial charge in [0.15, 0.2) is 17.3 Å². The van der Waals surface area contributed by atoms with E-state index in [0.717, 1.165) is 5.56 Å². The molecule has 2 aromatic carbocycles. The molecular formula is C19H19NO5. The Kier molecular flexibility index (Phi) is 6.42. The van der Waals surface area contributed by atoms with Crippen molar-refractivity contribution in [3.63, 3.8) is 0 Å². The summed E-state index contributed by atoms with van der Waals surface area (Å²) < 4.78 is 10.00. The summed E-state index contributed by atoms with van der Waals surface area (Å²) in [5.74, 6) is -1.15. The Hall–Kier alpha value is -2.99. The zero-order valence-electron chi connectivity index (χ0n) is 14.1. The van der Waals surface area contributed by atoms with Crippen LogP contribution in [0.25, 0.3) is 0 Å². The molecule has 0 saturated carbocycles. The first-order chi connectivity index (χ1) is 12.0. The van der Waals surface area contributed by atoms with Gasteiger partial charge in [-0.05, 0) is 23.8 Å². The fourth-order valence-electron chi connectivity index (χ4n) is 2.17. The molecule has 0 aliphatic heterocycles. The number of hydrogen-bond acceptors (Lipinski definition) is 6. The van der Waals surface area contributed by atoms with Gasteiger partial charge in [0.25, 0.3) is 0 Å². The van der Waals surface area contributed by atoms with E-state index in [1.807, 2.05) is 30.3 Å². The van der Waals surface area contributed by atoms with E-state index in [2.05, 4.69) is 5.32 Å². The van der Waals surface area contributed by atoms with Crippen molar-refractivity contribution in [2.45, 2.75) is 20.4 Å². The number of ether oxygens (including phenoxy) is 2. The highest BCUT2D eigenvalue weighted by Crippen LogP contribution is 2.29. The second-order valence-corrected chi connectivity index (χ2v) is 5.36. The minimum atomic E-state index is -0.569. The maximum absolute atomic E-state index is 12.3. The molecule has 0 radical (unpaired) electrons. The Morgan fingerprint density at radius 1 is 0.880 bits per heavy atom. The first kappa shape index (κ1) is 18.4. The third-order valence-corrected chi connectivity index (χ3v) is 3.23. The number of Topliss-reactive ketones (excluding diaryl/α,β-unsaturated/α-hetero) is 1. The standard InChI is InChI=1S/C19H19NO5/c1-13(21)24-18-9-8-16(10-19(18)25-14(2)22)17(23)12-20-11-15-6-4-3-5-7-15/h3-10,20H,11-12H2,1-2H3. The maximum atomic E-state index is 12.3. The highest BCUT2D eigenvalue weighted by Gasteiger charge is 2.14. The molecule has 0 spiro atoms. The Morgan fingerprint density at radius 3 is 2.16 bits per heavy atom. The number of hydrogen-bond donors (Lipinski definition) is 1. The van der Waals surface area contributed by atoms with Gasteiger partial charge in [0.2, 0.25) is 0 Å². The summed E-state index contributed by atoms with van der Waals surface area (Å²) in [7, 11) is 0. The van der Waals surface area contributed by atoms with Crippen LogP contribution in [0.3, 0.4) is 0 Å². The number of nitrogens with one attached hydrogen (secondary N) is 1. The topological polar surface area (TPSA) is 81.7 Å². The highest BCUT2D eigenvalue weighted by atomic mass is 16.6. The van der Waals surface area contributed by atoms with Crippen molar-refractivity contribution in [1.82, 2.24) is 5.32 Å². The SMILES string of the molecule is CC(=O)Oc1ccc(C(=O)CNCc2ccccc2)cc1OC(C)=O. The molecule has 0 fully saturated rings. The Labute approximate surface area is 145 Å². The van der Waals surface area contributed by atoms with Crippen LogP contribution in [0.2, 0.25) is 0 Å². The van der Waals surface area contributed by atoms with Crippen LogP contribution in [-0.2, 0) is 16.1 Å². The molecule has 0 aromatic heterocycles. The van der Waals surface area contributed by atoms with Gasteiger partial charge in [-0.15, -0.1) is 0 Å². The van der Waals surface area contributed by atoms with E-state index in [1.165, 1.54) is 32.0 Å². The summed E-state index contributed by atoms with van der Waals surface area (Å²) in [5, 5.41) is 3.06. The predicted octanol–water partition coefficient (Wildman–Crippen LogP) is 2.51. The number of esters is 2. The highest BCUT2D eigenvalue weighted by molar-refractivity contribution is 5.98. The van der Waals surface area contributed by atoms with E-state index in [-0.39, 0.29) is 23.8 Å². The fraction of sp³-hybridized carbons (Fsp3) is 0.211. The van der Waals surface area contributed by atoms with Gasteiger partial charge in [0.1, 0.15) is 0 Å². The molecule has 6 heteroatoms. The summed E-state index contributed by atoms with van der Waals surface area (Å²) in [5.41, 5.74) is 1.42. The first-order valence-electron chi connectivity index (χ1n) is 7.74. The Morgan fingerprint density at radius 2 is 1.52 bits per heavy atom. The predicted molar refractivity (Wildman–Crippen MR) is 91.5 cm³/mol. The molecule has 0 heterocycles. The first-order valence-corrected chi connectivity index (χ1v) is 7.74. The molecule has 0 atom stereocenters. The molecule has 0 bridgehead atoms. The van der Waals surface area contributed by atoms with Crippen molar-refractivity contribution in [1.29, 1.82) is 0 Å². The molecule has 0 aliphatic rings. The second kappa shape index (κ2) is 8.75. The number of ketones is 1. The van der Waals surface area contributed by atoms with Gasteiger partial charge >= 0.3 is 11.9 Å².